The predicted octanol–water partition coefficient (Wildman–Crippen LogP) is 1.97. The lowest BCUT2D eigenvalue weighted by Gasteiger charge is -2.31. The van der Waals surface area contributed by atoms with Crippen LogP contribution in [0.2, 0.25) is 0 Å². The molecule has 3 heteroatoms. The van der Waals surface area contributed by atoms with Gasteiger partial charge >= 0.3 is 0 Å². The number of ether oxygens (including phenoxy) is 1. The molecule has 0 radical (unpaired) electrons. The Morgan fingerprint density at radius 1 is 1.19 bits per heavy atom. The molecule has 2 rings (SSSR count). The summed E-state index contributed by atoms with van der Waals surface area (Å²) in [6.45, 7) is 6.56. The molecule has 2 atom stereocenters. The fraction of sp³-hybridized carbons (Fsp3) is 0.667. The Kier molecular flexibility index (Phi) is 6.52. The van der Waals surface area contributed by atoms with Crippen LogP contribution in [0, 0.1) is 6.92 Å². The van der Waals surface area contributed by atoms with E-state index in [9.17, 15) is 5.11 Å². The zero-order chi connectivity index (χ0) is 15.1. The Labute approximate surface area is 128 Å². The molecule has 0 saturated heterocycles. The van der Waals surface area contributed by atoms with Gasteiger partial charge in [0.05, 0.1) is 12.6 Å². The Morgan fingerprint density at radius 3 is 2.48 bits per heavy atom. The topological polar surface area (TPSA) is 33.9 Å². The molecule has 1 aliphatic carbocycles. The summed E-state index contributed by atoms with van der Waals surface area (Å²) in [6.07, 6.45) is 6.33. The molecule has 0 amide bonds. The van der Waals surface area contributed by atoms with E-state index >= 15 is 0 Å². The summed E-state index contributed by atoms with van der Waals surface area (Å²) < 4.78 is 5.69. The number of nitrogens with one attached hydrogen (secondary N) is 1. The normalized spacial score (nSPS) is 19.2. The maximum atomic E-state index is 10.3. The van der Waals surface area contributed by atoms with Crippen molar-refractivity contribution < 1.29 is 14.7 Å². The summed E-state index contributed by atoms with van der Waals surface area (Å²) in [5.41, 5.74) is 1.22. The van der Waals surface area contributed by atoms with Gasteiger partial charge in [0.25, 0.3) is 0 Å². The molecule has 1 fully saturated rings. The standard InChI is InChI=1S/C18H29NO2/c1-3-19(16-7-5-4-6-8-16)13-17(20)14-21-18-11-9-15(2)10-12-18/h9-12,16-17,20H,3-8,13-14H2,1-2H3/p+1/t17-/m0/s1. The van der Waals surface area contributed by atoms with Crippen LogP contribution in [0.4, 0.5) is 0 Å². The number of quaternary nitrogens is 1. The van der Waals surface area contributed by atoms with E-state index in [0.29, 0.717) is 6.61 Å². The van der Waals surface area contributed by atoms with Gasteiger partial charge in [-0.15, -0.1) is 0 Å². The molecular formula is C18H30NO2+. The fourth-order valence-electron chi connectivity index (χ4n) is 3.30. The van der Waals surface area contributed by atoms with Crippen molar-refractivity contribution in [3.8, 4) is 5.75 Å². The lowest BCUT2D eigenvalue weighted by Crippen LogP contribution is -3.16. The number of hydrogen-bond donors (Lipinski definition) is 2. The molecule has 0 spiro atoms. The highest BCUT2D eigenvalue weighted by Crippen LogP contribution is 2.15. The van der Waals surface area contributed by atoms with Crippen LogP contribution in [0.25, 0.3) is 0 Å². The van der Waals surface area contributed by atoms with Gasteiger partial charge in [-0.1, -0.05) is 24.1 Å². The predicted molar refractivity (Wildman–Crippen MR) is 85.9 cm³/mol. The lowest BCUT2D eigenvalue weighted by molar-refractivity contribution is -0.928. The Bertz CT molecular complexity index is 398. The van der Waals surface area contributed by atoms with E-state index in [0.717, 1.165) is 24.9 Å². The van der Waals surface area contributed by atoms with E-state index in [4.69, 9.17) is 4.74 Å². The SMILES string of the molecule is CC[NH+](C[C@H](O)COc1ccc(C)cc1)C1CCCCC1. The van der Waals surface area contributed by atoms with Gasteiger partial charge < -0.3 is 14.7 Å². The molecule has 0 bridgehead atoms. The van der Waals surface area contributed by atoms with Crippen LogP contribution in [0.15, 0.2) is 24.3 Å². The Morgan fingerprint density at radius 2 is 1.86 bits per heavy atom. The van der Waals surface area contributed by atoms with Gasteiger partial charge in [0.15, 0.2) is 0 Å². The second-order valence-corrected chi connectivity index (χ2v) is 6.33. The Balaban J connectivity index is 1.76. The fourth-order valence-corrected chi connectivity index (χ4v) is 3.30. The van der Waals surface area contributed by atoms with Crippen LogP contribution < -0.4 is 9.64 Å². The second-order valence-electron chi connectivity index (χ2n) is 6.33. The number of hydrogen-bond acceptors (Lipinski definition) is 2. The van der Waals surface area contributed by atoms with E-state index in [1.54, 1.807) is 0 Å². The van der Waals surface area contributed by atoms with Crippen molar-refractivity contribution in [2.75, 3.05) is 19.7 Å². The minimum Gasteiger partial charge on any atom is -0.491 e. The molecule has 118 valence electrons. The molecule has 0 heterocycles. The van der Waals surface area contributed by atoms with E-state index in [2.05, 4.69) is 13.8 Å². The number of aliphatic hydroxyl groups excluding tert-OH is 1. The zero-order valence-corrected chi connectivity index (χ0v) is 13.5. The van der Waals surface area contributed by atoms with Crippen molar-refractivity contribution in [1.29, 1.82) is 0 Å². The minimum absolute atomic E-state index is 0.386. The highest BCUT2D eigenvalue weighted by molar-refractivity contribution is 5.26. The second kappa shape index (κ2) is 8.40. The molecular weight excluding hydrogens is 262 g/mol. The molecule has 1 aliphatic rings. The summed E-state index contributed by atoms with van der Waals surface area (Å²) in [6, 6.07) is 8.74. The van der Waals surface area contributed by atoms with E-state index in [-0.39, 0.29) is 6.10 Å². The molecule has 21 heavy (non-hydrogen) atoms. The van der Waals surface area contributed by atoms with Crippen molar-refractivity contribution in [1.82, 2.24) is 0 Å². The van der Waals surface area contributed by atoms with Crippen molar-refractivity contribution >= 4 is 0 Å². The van der Waals surface area contributed by atoms with Gasteiger partial charge in [-0.25, -0.2) is 0 Å². The highest BCUT2D eigenvalue weighted by Gasteiger charge is 2.25. The third-order valence-corrected chi connectivity index (χ3v) is 4.60. The van der Waals surface area contributed by atoms with Gasteiger partial charge in [0.1, 0.15) is 25.0 Å². The van der Waals surface area contributed by atoms with Gasteiger partial charge in [0, 0.05) is 0 Å². The first-order chi connectivity index (χ1) is 10.2. The van der Waals surface area contributed by atoms with Gasteiger partial charge in [-0.3, -0.25) is 0 Å². The van der Waals surface area contributed by atoms with E-state index in [1.807, 2.05) is 24.3 Å². The van der Waals surface area contributed by atoms with Crippen LogP contribution >= 0.6 is 0 Å². The first kappa shape index (κ1) is 16.3. The maximum Gasteiger partial charge on any atom is 0.137 e. The number of likely N-dealkylation sites (N-methyl/N-ethyl adjacent to an activating group) is 1. The molecule has 0 aromatic heterocycles. The van der Waals surface area contributed by atoms with Crippen LogP contribution in [0.3, 0.4) is 0 Å². The van der Waals surface area contributed by atoms with Crippen molar-refractivity contribution in [2.24, 2.45) is 0 Å². The monoisotopic (exact) mass is 292 g/mol. The average molecular weight is 292 g/mol. The van der Waals surface area contributed by atoms with Gasteiger partial charge in [0.2, 0.25) is 0 Å². The van der Waals surface area contributed by atoms with Crippen LogP contribution in [-0.2, 0) is 0 Å². The molecule has 1 aromatic rings. The first-order valence-electron chi connectivity index (χ1n) is 8.41. The summed E-state index contributed by atoms with van der Waals surface area (Å²) in [5.74, 6) is 0.843. The van der Waals surface area contributed by atoms with Gasteiger partial charge in [-0.2, -0.15) is 0 Å². The molecule has 2 N–H and O–H groups in total. The first-order valence-corrected chi connectivity index (χ1v) is 8.41. The zero-order valence-electron chi connectivity index (χ0n) is 13.5. The van der Waals surface area contributed by atoms with Crippen molar-refractivity contribution in [3.63, 3.8) is 0 Å². The smallest absolute Gasteiger partial charge is 0.137 e. The molecule has 1 saturated carbocycles. The summed E-state index contributed by atoms with van der Waals surface area (Å²) in [5, 5.41) is 10.3. The van der Waals surface area contributed by atoms with Gasteiger partial charge in [-0.05, 0) is 51.7 Å². The maximum absolute atomic E-state index is 10.3. The van der Waals surface area contributed by atoms with E-state index < -0.39 is 0 Å². The number of rotatable bonds is 7. The van der Waals surface area contributed by atoms with Crippen LogP contribution in [0.1, 0.15) is 44.6 Å². The summed E-state index contributed by atoms with van der Waals surface area (Å²) >= 11 is 0. The third-order valence-electron chi connectivity index (χ3n) is 4.60. The van der Waals surface area contributed by atoms with E-state index in [1.165, 1.54) is 42.6 Å². The van der Waals surface area contributed by atoms with Crippen molar-refractivity contribution in [2.45, 2.75) is 58.1 Å². The van der Waals surface area contributed by atoms with Crippen molar-refractivity contribution in [3.05, 3.63) is 29.8 Å². The van der Waals surface area contributed by atoms with Crippen LogP contribution in [0.5, 0.6) is 5.75 Å². The molecule has 1 unspecified atom stereocenters. The summed E-state index contributed by atoms with van der Waals surface area (Å²) in [7, 11) is 0. The Hall–Kier alpha value is -1.06. The largest absolute Gasteiger partial charge is 0.491 e. The quantitative estimate of drug-likeness (QED) is 0.806. The third kappa shape index (κ3) is 5.33. The molecule has 3 nitrogen and oxygen atoms in total. The lowest BCUT2D eigenvalue weighted by atomic mass is 9.94. The number of benzene rings is 1. The highest BCUT2D eigenvalue weighted by atomic mass is 16.5. The minimum atomic E-state index is -0.386. The number of aryl methyl sites for hydroxylation is 1. The average Bonchev–Trinajstić information content (AvgIpc) is 2.53. The molecule has 1 aromatic carbocycles. The van der Waals surface area contributed by atoms with Crippen LogP contribution in [-0.4, -0.2) is 36.9 Å². The summed E-state index contributed by atoms with van der Waals surface area (Å²) in [4.78, 5) is 1.54. The molecule has 0 aliphatic heterocycles. The number of aliphatic hydroxyl groups is 1.